The Kier molecular flexibility index (Phi) is 6.41. The standard InChI is InChI=1S/C20H33N3O/c1-15-8-10-23(11-9-15)14-17-7-5-6-16(12-17)13-22-19(24)18(21)20(2,3)4/h5-7,12,15,18H,8-11,13-14,21H2,1-4H3,(H,22,24)/t18-/m1/s1. The molecule has 0 unspecified atom stereocenters. The van der Waals surface area contributed by atoms with Gasteiger partial charge in [0.1, 0.15) is 0 Å². The van der Waals surface area contributed by atoms with Gasteiger partial charge in [-0.2, -0.15) is 0 Å². The van der Waals surface area contributed by atoms with E-state index in [9.17, 15) is 4.79 Å². The maximum Gasteiger partial charge on any atom is 0.237 e. The summed E-state index contributed by atoms with van der Waals surface area (Å²) < 4.78 is 0. The normalized spacial score (nSPS) is 18.4. The van der Waals surface area contributed by atoms with Gasteiger partial charge < -0.3 is 11.1 Å². The van der Waals surface area contributed by atoms with Crippen LogP contribution in [0.4, 0.5) is 0 Å². The average molecular weight is 332 g/mol. The topological polar surface area (TPSA) is 58.4 Å². The predicted octanol–water partition coefficient (Wildman–Crippen LogP) is 2.91. The summed E-state index contributed by atoms with van der Waals surface area (Å²) in [6.07, 6.45) is 2.58. The molecule has 1 fully saturated rings. The highest BCUT2D eigenvalue weighted by molar-refractivity contribution is 5.82. The third-order valence-electron chi connectivity index (χ3n) is 4.96. The summed E-state index contributed by atoms with van der Waals surface area (Å²) >= 11 is 0. The van der Waals surface area contributed by atoms with Gasteiger partial charge in [0.2, 0.25) is 5.91 Å². The van der Waals surface area contributed by atoms with E-state index in [1.165, 1.54) is 31.5 Å². The maximum absolute atomic E-state index is 12.2. The molecular formula is C20H33N3O. The quantitative estimate of drug-likeness (QED) is 0.872. The Bertz CT molecular complexity index is 542. The number of rotatable bonds is 5. The highest BCUT2D eigenvalue weighted by atomic mass is 16.2. The van der Waals surface area contributed by atoms with Crippen molar-refractivity contribution >= 4 is 5.91 Å². The molecule has 1 atom stereocenters. The Hall–Kier alpha value is -1.39. The van der Waals surface area contributed by atoms with Crippen LogP contribution in [0, 0.1) is 11.3 Å². The van der Waals surface area contributed by atoms with Crippen molar-refractivity contribution in [3.05, 3.63) is 35.4 Å². The zero-order valence-electron chi connectivity index (χ0n) is 15.6. The van der Waals surface area contributed by atoms with Crippen molar-refractivity contribution in [2.75, 3.05) is 13.1 Å². The van der Waals surface area contributed by atoms with Crippen molar-refractivity contribution in [2.24, 2.45) is 17.1 Å². The van der Waals surface area contributed by atoms with Crippen LogP contribution in [0.3, 0.4) is 0 Å². The number of nitrogens with zero attached hydrogens (tertiary/aromatic N) is 1. The van der Waals surface area contributed by atoms with E-state index in [2.05, 4.69) is 41.4 Å². The zero-order chi connectivity index (χ0) is 17.7. The van der Waals surface area contributed by atoms with E-state index in [1.54, 1.807) is 0 Å². The van der Waals surface area contributed by atoms with Gasteiger partial charge in [0.15, 0.2) is 0 Å². The minimum atomic E-state index is -0.490. The van der Waals surface area contributed by atoms with Gasteiger partial charge in [-0.15, -0.1) is 0 Å². The van der Waals surface area contributed by atoms with E-state index in [0.29, 0.717) is 6.54 Å². The molecule has 4 nitrogen and oxygen atoms in total. The molecule has 0 bridgehead atoms. The lowest BCUT2D eigenvalue weighted by atomic mass is 9.87. The number of nitrogens with one attached hydrogen (secondary N) is 1. The molecule has 0 spiro atoms. The molecule has 1 aromatic carbocycles. The van der Waals surface area contributed by atoms with Gasteiger partial charge in [-0.1, -0.05) is 52.0 Å². The van der Waals surface area contributed by atoms with Crippen molar-refractivity contribution < 1.29 is 4.79 Å². The summed E-state index contributed by atoms with van der Waals surface area (Å²) in [4.78, 5) is 14.7. The third-order valence-corrected chi connectivity index (χ3v) is 4.96. The van der Waals surface area contributed by atoms with E-state index >= 15 is 0 Å². The number of benzene rings is 1. The molecule has 1 saturated heterocycles. The first kappa shape index (κ1) is 18.9. The van der Waals surface area contributed by atoms with Crippen LogP contribution in [-0.4, -0.2) is 29.9 Å². The van der Waals surface area contributed by atoms with Crippen LogP contribution < -0.4 is 11.1 Å². The molecule has 0 saturated carbocycles. The molecular weight excluding hydrogens is 298 g/mol. The molecule has 0 radical (unpaired) electrons. The molecule has 3 N–H and O–H groups in total. The molecule has 4 heteroatoms. The highest BCUT2D eigenvalue weighted by Gasteiger charge is 2.27. The molecule has 1 aliphatic heterocycles. The molecule has 24 heavy (non-hydrogen) atoms. The summed E-state index contributed by atoms with van der Waals surface area (Å²) in [6, 6.07) is 8.01. The van der Waals surface area contributed by atoms with Gasteiger partial charge >= 0.3 is 0 Å². The SMILES string of the molecule is CC1CCN(Cc2cccc(CNC(=O)[C@@H](N)C(C)(C)C)c2)CC1. The van der Waals surface area contributed by atoms with Crippen molar-refractivity contribution in [1.29, 1.82) is 0 Å². The predicted molar refractivity (Wildman–Crippen MR) is 99.4 cm³/mol. The summed E-state index contributed by atoms with van der Waals surface area (Å²) in [5.74, 6) is 0.771. The Morgan fingerprint density at radius 3 is 2.54 bits per heavy atom. The van der Waals surface area contributed by atoms with Crippen LogP contribution in [0.25, 0.3) is 0 Å². The second kappa shape index (κ2) is 8.13. The van der Waals surface area contributed by atoms with Crippen molar-refractivity contribution in [3.63, 3.8) is 0 Å². The van der Waals surface area contributed by atoms with E-state index in [4.69, 9.17) is 5.73 Å². The van der Waals surface area contributed by atoms with Crippen molar-refractivity contribution in [3.8, 4) is 0 Å². The van der Waals surface area contributed by atoms with Crippen molar-refractivity contribution in [1.82, 2.24) is 10.2 Å². The maximum atomic E-state index is 12.2. The number of hydrogen-bond acceptors (Lipinski definition) is 3. The third kappa shape index (κ3) is 5.60. The molecule has 1 aliphatic rings. The summed E-state index contributed by atoms with van der Waals surface area (Å²) in [7, 11) is 0. The molecule has 0 aromatic heterocycles. The molecule has 134 valence electrons. The van der Waals surface area contributed by atoms with Gasteiger partial charge in [0, 0.05) is 13.1 Å². The monoisotopic (exact) mass is 331 g/mol. The lowest BCUT2D eigenvalue weighted by molar-refractivity contribution is -0.124. The van der Waals surface area contributed by atoms with E-state index < -0.39 is 6.04 Å². The first-order valence-corrected chi connectivity index (χ1v) is 9.09. The second-order valence-electron chi connectivity index (χ2n) is 8.34. The Labute approximate surface area is 146 Å². The van der Waals surface area contributed by atoms with Crippen LogP contribution >= 0.6 is 0 Å². The lowest BCUT2D eigenvalue weighted by Crippen LogP contribution is -2.48. The number of piperidine rings is 1. The average Bonchev–Trinajstić information content (AvgIpc) is 2.53. The highest BCUT2D eigenvalue weighted by Crippen LogP contribution is 2.19. The zero-order valence-corrected chi connectivity index (χ0v) is 15.6. The first-order chi connectivity index (χ1) is 11.3. The van der Waals surface area contributed by atoms with Crippen LogP contribution in [0.15, 0.2) is 24.3 Å². The fraction of sp³-hybridized carbons (Fsp3) is 0.650. The van der Waals surface area contributed by atoms with Crippen LogP contribution in [0.1, 0.15) is 51.7 Å². The molecule has 1 amide bonds. The van der Waals surface area contributed by atoms with Crippen LogP contribution in [-0.2, 0) is 17.9 Å². The minimum absolute atomic E-state index is 0.0853. The number of nitrogens with two attached hydrogens (primary N) is 1. The van der Waals surface area contributed by atoms with Gasteiger partial charge in [-0.3, -0.25) is 9.69 Å². The van der Waals surface area contributed by atoms with Gasteiger partial charge in [-0.05, 0) is 48.4 Å². The van der Waals surface area contributed by atoms with Crippen LogP contribution in [0.2, 0.25) is 0 Å². The van der Waals surface area contributed by atoms with Crippen LogP contribution in [0.5, 0.6) is 0 Å². The van der Waals surface area contributed by atoms with Crippen molar-refractivity contribution in [2.45, 2.75) is 59.7 Å². The number of hydrogen-bond donors (Lipinski definition) is 2. The molecule has 2 rings (SSSR count). The molecule has 1 aromatic rings. The van der Waals surface area contributed by atoms with Gasteiger partial charge in [0.25, 0.3) is 0 Å². The smallest absolute Gasteiger partial charge is 0.237 e. The Morgan fingerprint density at radius 1 is 1.29 bits per heavy atom. The molecule has 1 heterocycles. The van der Waals surface area contributed by atoms with Gasteiger partial charge in [-0.25, -0.2) is 0 Å². The summed E-state index contributed by atoms with van der Waals surface area (Å²) in [6.45, 7) is 12.2. The lowest BCUT2D eigenvalue weighted by Gasteiger charge is -2.30. The van der Waals surface area contributed by atoms with E-state index in [1.807, 2.05) is 20.8 Å². The fourth-order valence-corrected chi connectivity index (χ4v) is 3.01. The number of amides is 1. The second-order valence-corrected chi connectivity index (χ2v) is 8.34. The summed E-state index contributed by atoms with van der Waals surface area (Å²) in [5.41, 5.74) is 8.23. The number of likely N-dealkylation sites (tertiary alicyclic amines) is 1. The summed E-state index contributed by atoms with van der Waals surface area (Å²) in [5, 5.41) is 2.96. The molecule has 0 aliphatic carbocycles. The number of carbonyl (C=O) groups is 1. The largest absolute Gasteiger partial charge is 0.351 e. The van der Waals surface area contributed by atoms with E-state index in [-0.39, 0.29) is 11.3 Å². The minimum Gasteiger partial charge on any atom is -0.351 e. The van der Waals surface area contributed by atoms with Gasteiger partial charge in [0.05, 0.1) is 6.04 Å². The Morgan fingerprint density at radius 2 is 1.92 bits per heavy atom. The van der Waals surface area contributed by atoms with E-state index in [0.717, 1.165) is 18.0 Å². The first-order valence-electron chi connectivity index (χ1n) is 9.09. The Balaban J connectivity index is 1.87. The fourth-order valence-electron chi connectivity index (χ4n) is 3.01. The number of carbonyl (C=O) groups excluding carboxylic acids is 1.